The summed E-state index contributed by atoms with van der Waals surface area (Å²) in [6.45, 7) is 14.7. The number of hydrogen-bond acceptors (Lipinski definition) is 15. The van der Waals surface area contributed by atoms with Crippen LogP contribution in [-0.2, 0) is 33.2 Å². The van der Waals surface area contributed by atoms with Crippen molar-refractivity contribution in [3.05, 3.63) is 0 Å². The minimum atomic E-state index is -2.91. The first kappa shape index (κ1) is 43.6. The molecule has 3 heterocycles. The van der Waals surface area contributed by atoms with Gasteiger partial charge in [-0.2, -0.15) is 0 Å². The minimum Gasteiger partial charge on any atom is -0.454 e. The Kier molecular flexibility index (Phi) is 10.5. The van der Waals surface area contributed by atoms with Crippen LogP contribution in [0.25, 0.3) is 0 Å². The summed E-state index contributed by atoms with van der Waals surface area (Å²) in [5.41, 5.74) is -2.49. The van der Waals surface area contributed by atoms with Gasteiger partial charge in [-0.15, -0.1) is 0 Å². The van der Waals surface area contributed by atoms with E-state index in [9.17, 15) is 45.6 Å². The van der Waals surface area contributed by atoms with Crippen LogP contribution in [0.5, 0.6) is 0 Å². The molecule has 2 spiro atoms. The van der Waals surface area contributed by atoms with E-state index < -0.39 is 97.6 Å². The van der Waals surface area contributed by atoms with Gasteiger partial charge in [0.15, 0.2) is 18.5 Å². The maximum absolute atomic E-state index is 12.2. The van der Waals surface area contributed by atoms with Crippen molar-refractivity contribution < 1.29 is 74.1 Å². The molecule has 8 fully saturated rings. The van der Waals surface area contributed by atoms with Crippen molar-refractivity contribution in [1.29, 1.82) is 0 Å². The van der Waals surface area contributed by atoms with E-state index in [-0.39, 0.29) is 50.9 Å². The first-order valence-corrected chi connectivity index (χ1v) is 21.8. The first-order chi connectivity index (χ1) is 26.8. The van der Waals surface area contributed by atoms with E-state index in [0.29, 0.717) is 19.3 Å². The van der Waals surface area contributed by atoms with Crippen LogP contribution >= 0.6 is 0 Å². The Morgan fingerprint density at radius 3 is 2.21 bits per heavy atom. The zero-order valence-electron chi connectivity index (χ0n) is 35.5. The smallest absolute Gasteiger partial charge is 0.303 e. The highest BCUT2D eigenvalue weighted by molar-refractivity contribution is 5.66. The molecule has 0 radical (unpaired) electrons. The van der Waals surface area contributed by atoms with E-state index in [1.54, 1.807) is 13.8 Å². The SMILES string of the molecule is CC(=O)O[C@H]1[C@H](O[C@]2(O)[C@H](O)[C@@H](CO)O[C@@H](O[C@H]3C[C@@H]4[C@]5(CC[C@]6(C)[C@@H]([C@@]7(C)CC[C@@H](C(C)(C)O)O7)[C@@H](O)C[C@@]46C)C[C@@]54CCCC(C)(C)[C@H]34)[C@@H]2O)OC[C@@H](O)[C@@H]1O. The second-order valence-corrected chi connectivity index (χ2v) is 21.8. The van der Waals surface area contributed by atoms with Crippen molar-refractivity contribution in [2.75, 3.05) is 13.2 Å². The van der Waals surface area contributed by atoms with E-state index >= 15 is 0 Å². The molecule has 0 aromatic rings. The summed E-state index contributed by atoms with van der Waals surface area (Å²) < 4.78 is 36.4. The number of carbonyl (C=O) groups is 1. The Bertz CT molecular complexity index is 1590. The highest BCUT2D eigenvalue weighted by Crippen LogP contribution is 2.89. The molecule has 0 unspecified atom stereocenters. The molecular formula is C43H70O15. The van der Waals surface area contributed by atoms with Gasteiger partial charge in [0.1, 0.15) is 24.4 Å². The van der Waals surface area contributed by atoms with Crippen LogP contribution in [0, 0.1) is 44.8 Å². The fourth-order valence-electron chi connectivity index (χ4n) is 15.2. The maximum Gasteiger partial charge on any atom is 0.303 e. The van der Waals surface area contributed by atoms with Crippen LogP contribution in [0.2, 0.25) is 0 Å². The number of aliphatic hydroxyl groups is 8. The number of aliphatic hydroxyl groups excluding tert-OH is 6. The lowest BCUT2D eigenvalue weighted by molar-refractivity contribution is -0.442. The standard InChI is InChI=1S/C43H70O15/c1-21(45)54-29-28(48)23(47)19-53-34(29)58-43(52)32(49)25(18-44)56-35(33(43)50)55-24-16-26-39(7)17-22(46)30(40(8)13-10-27(57-40)37(4,5)51)38(39,6)14-15-41(26)20-42(41)12-9-11-36(2,3)31(24)42/h22-35,44,46-52H,9-20H2,1-8H3/t22-,23+,24-,25+,26-,27-,28-,29+,30-,31-,32+,33-,34-,35+,38+,39-,40+,41-,42+,43+/m0/s1. The summed E-state index contributed by atoms with van der Waals surface area (Å²) in [4.78, 5) is 12.0. The summed E-state index contributed by atoms with van der Waals surface area (Å²) >= 11 is 0. The van der Waals surface area contributed by atoms with Crippen LogP contribution in [-0.4, -0.2) is 145 Å². The summed E-state index contributed by atoms with van der Waals surface area (Å²) in [6.07, 6.45) is -6.46. The van der Waals surface area contributed by atoms with Gasteiger partial charge in [-0.05, 0) is 117 Å². The normalized spacial score (nSPS) is 56.1. The van der Waals surface area contributed by atoms with Crippen LogP contribution in [0.3, 0.4) is 0 Å². The van der Waals surface area contributed by atoms with E-state index in [1.165, 1.54) is 0 Å². The molecule has 8 rings (SSSR count). The molecule has 332 valence electrons. The van der Waals surface area contributed by atoms with E-state index in [0.717, 1.165) is 51.9 Å². The zero-order valence-corrected chi connectivity index (χ0v) is 35.5. The van der Waals surface area contributed by atoms with E-state index in [2.05, 4.69) is 34.6 Å². The van der Waals surface area contributed by atoms with Gasteiger partial charge in [0.05, 0.1) is 42.7 Å². The third-order valence-corrected chi connectivity index (χ3v) is 17.8. The van der Waals surface area contributed by atoms with Crippen molar-refractivity contribution in [1.82, 2.24) is 0 Å². The van der Waals surface area contributed by atoms with Crippen molar-refractivity contribution in [3.63, 3.8) is 0 Å². The molecule has 0 aromatic carbocycles. The van der Waals surface area contributed by atoms with Crippen molar-refractivity contribution in [3.8, 4) is 0 Å². The molecule has 3 saturated heterocycles. The first-order valence-electron chi connectivity index (χ1n) is 21.8. The number of esters is 1. The Morgan fingerprint density at radius 2 is 1.57 bits per heavy atom. The average Bonchev–Trinajstić information content (AvgIpc) is 3.47. The molecule has 15 nitrogen and oxygen atoms in total. The molecule has 8 N–H and O–H groups in total. The Labute approximate surface area is 341 Å². The van der Waals surface area contributed by atoms with E-state index in [1.807, 2.05) is 0 Å². The summed E-state index contributed by atoms with van der Waals surface area (Å²) in [5, 5.41) is 89.9. The molecule has 0 amide bonds. The predicted octanol–water partition coefficient (Wildman–Crippen LogP) is 1.64. The summed E-state index contributed by atoms with van der Waals surface area (Å²) in [6, 6.07) is 0. The second-order valence-electron chi connectivity index (χ2n) is 21.8. The fourth-order valence-corrected chi connectivity index (χ4v) is 15.2. The molecule has 8 aliphatic rings. The zero-order chi connectivity index (χ0) is 42.4. The maximum atomic E-state index is 12.2. The largest absolute Gasteiger partial charge is 0.454 e. The number of hydrogen-bond donors (Lipinski definition) is 8. The number of rotatable bonds is 8. The van der Waals surface area contributed by atoms with Crippen LogP contribution in [0.15, 0.2) is 0 Å². The van der Waals surface area contributed by atoms with Crippen molar-refractivity contribution >= 4 is 5.97 Å². The third kappa shape index (κ3) is 6.10. The van der Waals surface area contributed by atoms with Crippen LogP contribution in [0.4, 0.5) is 0 Å². The van der Waals surface area contributed by atoms with Gasteiger partial charge < -0.3 is 69.3 Å². The fraction of sp³-hybridized carbons (Fsp3) is 0.977. The lowest BCUT2D eigenvalue weighted by Crippen LogP contribution is -2.71. The molecule has 15 heteroatoms. The Hall–Kier alpha value is -1.05. The monoisotopic (exact) mass is 826 g/mol. The van der Waals surface area contributed by atoms with Gasteiger partial charge in [-0.3, -0.25) is 4.79 Å². The number of carbonyl (C=O) groups excluding carboxylic acids is 1. The summed E-state index contributed by atoms with van der Waals surface area (Å²) in [5.74, 6) is -3.75. The second kappa shape index (κ2) is 14.0. The Balaban J connectivity index is 1.12. The van der Waals surface area contributed by atoms with Crippen LogP contribution in [0.1, 0.15) is 120 Å². The minimum absolute atomic E-state index is 0.0281. The third-order valence-electron chi connectivity index (χ3n) is 17.8. The highest BCUT2D eigenvalue weighted by atomic mass is 16.8. The highest BCUT2D eigenvalue weighted by Gasteiger charge is 2.84. The molecule has 5 saturated carbocycles. The summed E-state index contributed by atoms with van der Waals surface area (Å²) in [7, 11) is 0. The predicted molar refractivity (Wildman–Crippen MR) is 203 cm³/mol. The molecular weight excluding hydrogens is 756 g/mol. The molecule has 5 aliphatic carbocycles. The molecule has 0 aromatic heterocycles. The molecule has 58 heavy (non-hydrogen) atoms. The lowest BCUT2D eigenvalue weighted by Gasteiger charge is -2.64. The average molecular weight is 827 g/mol. The number of ether oxygens (including phenoxy) is 6. The van der Waals surface area contributed by atoms with Gasteiger partial charge in [-0.25, -0.2) is 0 Å². The molecule has 0 bridgehead atoms. The molecule has 20 atom stereocenters. The van der Waals surface area contributed by atoms with Gasteiger partial charge in [0.25, 0.3) is 0 Å². The lowest BCUT2D eigenvalue weighted by atomic mass is 9.41. The Morgan fingerprint density at radius 1 is 0.862 bits per heavy atom. The van der Waals surface area contributed by atoms with Crippen molar-refractivity contribution in [2.45, 2.75) is 204 Å². The van der Waals surface area contributed by atoms with Gasteiger partial charge >= 0.3 is 5.97 Å². The van der Waals surface area contributed by atoms with Gasteiger partial charge in [0.2, 0.25) is 12.1 Å². The molecule has 3 aliphatic heterocycles. The quantitative estimate of drug-likeness (QED) is 0.0988. The van der Waals surface area contributed by atoms with Crippen molar-refractivity contribution in [2.24, 2.45) is 44.8 Å². The van der Waals surface area contributed by atoms with E-state index in [4.69, 9.17) is 28.4 Å². The van der Waals surface area contributed by atoms with Gasteiger partial charge in [-0.1, -0.05) is 34.1 Å². The topological polar surface area (TPSA) is 234 Å². The van der Waals surface area contributed by atoms with Crippen LogP contribution < -0.4 is 0 Å². The van der Waals surface area contributed by atoms with Gasteiger partial charge in [0, 0.05) is 12.8 Å². The number of fused-ring (bicyclic) bond motifs is 2.